The Bertz CT molecular complexity index is 315. The number of hydrogen-bond donors (Lipinski definition) is 0. The van der Waals surface area contributed by atoms with Gasteiger partial charge in [0.2, 0.25) is 5.88 Å². The molecule has 0 N–H and O–H groups in total. The lowest BCUT2D eigenvalue weighted by molar-refractivity contribution is 0.144. The number of pyridine rings is 1. The van der Waals surface area contributed by atoms with Crippen LogP contribution >= 0.6 is 0 Å². The van der Waals surface area contributed by atoms with Crippen molar-refractivity contribution in [1.29, 1.82) is 0 Å². The molecule has 0 aliphatic carbocycles. The minimum Gasteiger partial charge on any atom is -0.481 e. The molecule has 5 heteroatoms. The van der Waals surface area contributed by atoms with Crippen molar-refractivity contribution in [2.24, 2.45) is 0 Å². The molecule has 0 aromatic carbocycles. The van der Waals surface area contributed by atoms with Crippen LogP contribution in [0.4, 0.5) is 13.2 Å². The quantitative estimate of drug-likeness (QED) is 0.716. The molecule has 0 bridgehead atoms. The third kappa shape index (κ3) is 1.74. The first-order chi connectivity index (χ1) is 6.07. The summed E-state index contributed by atoms with van der Waals surface area (Å²) in [6, 6.07) is 0. The molecular formula is C8H8F3NO. The van der Waals surface area contributed by atoms with E-state index in [1.807, 2.05) is 0 Å². The van der Waals surface area contributed by atoms with E-state index in [1.54, 1.807) is 0 Å². The van der Waals surface area contributed by atoms with E-state index < -0.39 is 17.8 Å². The fraction of sp³-hybridized carbons (Fsp3) is 0.375. The minimum atomic E-state index is -2.85. The Labute approximate surface area is 73.4 Å². The number of aromatic nitrogens is 1. The molecule has 2 nitrogen and oxygen atoms in total. The van der Waals surface area contributed by atoms with Gasteiger partial charge in [0.1, 0.15) is 0 Å². The maximum Gasteiger partial charge on any atom is 0.267 e. The number of halogens is 3. The first-order valence-corrected chi connectivity index (χ1v) is 3.55. The van der Waals surface area contributed by atoms with Gasteiger partial charge in [-0.25, -0.2) is 18.2 Å². The number of nitrogens with zero attached hydrogens (tertiary/aromatic N) is 1. The monoisotopic (exact) mass is 191 g/mol. The summed E-state index contributed by atoms with van der Waals surface area (Å²) in [6.07, 6.45) is -2.12. The van der Waals surface area contributed by atoms with Crippen LogP contribution in [0.15, 0.2) is 6.20 Å². The van der Waals surface area contributed by atoms with E-state index in [0.29, 0.717) is 0 Å². The molecule has 1 heterocycles. The highest BCUT2D eigenvalue weighted by atomic mass is 19.3. The topological polar surface area (TPSA) is 22.1 Å². The molecule has 1 aromatic rings. The summed E-state index contributed by atoms with van der Waals surface area (Å²) in [5, 5.41) is 0. The molecule has 1 aromatic heterocycles. The van der Waals surface area contributed by atoms with Gasteiger partial charge in [-0.2, -0.15) is 0 Å². The fourth-order valence-corrected chi connectivity index (χ4v) is 1.05. The van der Waals surface area contributed by atoms with Crippen LogP contribution in [0.1, 0.15) is 17.6 Å². The number of ether oxygens (including phenoxy) is 1. The predicted octanol–water partition coefficient (Wildman–Crippen LogP) is 2.48. The van der Waals surface area contributed by atoms with E-state index in [9.17, 15) is 13.2 Å². The highest BCUT2D eigenvalue weighted by molar-refractivity contribution is 5.34. The van der Waals surface area contributed by atoms with Crippen LogP contribution in [0.25, 0.3) is 0 Å². The average molecular weight is 191 g/mol. The second-order valence-electron chi connectivity index (χ2n) is 2.45. The molecule has 0 fully saturated rings. The molecule has 0 saturated carbocycles. The lowest BCUT2D eigenvalue weighted by Gasteiger charge is -2.08. The number of methoxy groups -OCH3 is 1. The van der Waals surface area contributed by atoms with Gasteiger partial charge in [0.15, 0.2) is 5.82 Å². The highest BCUT2D eigenvalue weighted by Crippen LogP contribution is 2.29. The van der Waals surface area contributed by atoms with E-state index in [-0.39, 0.29) is 11.4 Å². The van der Waals surface area contributed by atoms with Gasteiger partial charge in [-0.15, -0.1) is 0 Å². The number of alkyl halides is 2. The first kappa shape index (κ1) is 9.83. The van der Waals surface area contributed by atoms with Gasteiger partial charge in [-0.3, -0.25) is 0 Å². The average Bonchev–Trinajstić information content (AvgIpc) is 2.04. The molecule has 0 radical (unpaired) electrons. The van der Waals surface area contributed by atoms with Gasteiger partial charge < -0.3 is 4.74 Å². The van der Waals surface area contributed by atoms with E-state index in [4.69, 9.17) is 0 Å². The van der Waals surface area contributed by atoms with Crippen LogP contribution in [0.3, 0.4) is 0 Å². The molecule has 72 valence electrons. The zero-order chi connectivity index (χ0) is 10.0. The molecule has 0 atom stereocenters. The summed E-state index contributed by atoms with van der Waals surface area (Å²) >= 11 is 0. The summed E-state index contributed by atoms with van der Waals surface area (Å²) in [5.41, 5.74) is -0.607. The fourth-order valence-electron chi connectivity index (χ4n) is 1.05. The molecule has 0 aliphatic heterocycles. The van der Waals surface area contributed by atoms with Gasteiger partial charge >= 0.3 is 0 Å². The summed E-state index contributed by atoms with van der Waals surface area (Å²) in [5.74, 6) is -0.981. The predicted molar refractivity (Wildman–Crippen MR) is 40.4 cm³/mol. The van der Waals surface area contributed by atoms with E-state index >= 15 is 0 Å². The summed E-state index contributed by atoms with van der Waals surface area (Å²) in [4.78, 5) is 3.51. The van der Waals surface area contributed by atoms with Gasteiger partial charge in [0.05, 0.1) is 18.9 Å². The van der Waals surface area contributed by atoms with E-state index in [2.05, 4.69) is 9.72 Å². The van der Waals surface area contributed by atoms with Crippen molar-refractivity contribution in [3.8, 4) is 5.88 Å². The summed E-state index contributed by atoms with van der Waals surface area (Å²) < 4.78 is 42.1. The molecule has 0 aliphatic rings. The first-order valence-electron chi connectivity index (χ1n) is 3.55. The van der Waals surface area contributed by atoms with Crippen molar-refractivity contribution in [1.82, 2.24) is 4.98 Å². The summed E-state index contributed by atoms with van der Waals surface area (Å²) in [6.45, 7) is 1.34. The van der Waals surface area contributed by atoms with Crippen molar-refractivity contribution >= 4 is 0 Å². The zero-order valence-electron chi connectivity index (χ0n) is 7.14. The van der Waals surface area contributed by atoms with Crippen LogP contribution in [0.5, 0.6) is 5.88 Å². The van der Waals surface area contributed by atoms with Gasteiger partial charge in [0, 0.05) is 5.56 Å². The van der Waals surface area contributed by atoms with Gasteiger partial charge in [-0.1, -0.05) is 0 Å². The standard InChI is InChI=1S/C8H8F3NO/c1-4-6(7(10)11)5(9)3-12-8(4)13-2/h3,7H,1-2H3. The van der Waals surface area contributed by atoms with Crippen LogP contribution in [-0.4, -0.2) is 12.1 Å². The molecular weight excluding hydrogens is 183 g/mol. The molecule has 13 heavy (non-hydrogen) atoms. The van der Waals surface area contributed by atoms with Crippen molar-refractivity contribution < 1.29 is 17.9 Å². The smallest absolute Gasteiger partial charge is 0.267 e. The number of hydrogen-bond acceptors (Lipinski definition) is 2. The molecule has 0 saturated heterocycles. The Morgan fingerprint density at radius 2 is 2.08 bits per heavy atom. The normalized spacial score (nSPS) is 10.6. The Morgan fingerprint density at radius 1 is 1.46 bits per heavy atom. The third-order valence-corrected chi connectivity index (χ3v) is 1.69. The molecule has 0 unspecified atom stereocenters. The van der Waals surface area contributed by atoms with Gasteiger partial charge in [-0.05, 0) is 6.92 Å². The maximum absolute atomic E-state index is 12.8. The van der Waals surface area contributed by atoms with Crippen molar-refractivity contribution in [3.63, 3.8) is 0 Å². The Kier molecular flexibility index (Phi) is 2.75. The Hall–Kier alpha value is -1.26. The Balaban J connectivity index is 3.30. The van der Waals surface area contributed by atoms with Crippen LogP contribution in [-0.2, 0) is 0 Å². The highest BCUT2D eigenvalue weighted by Gasteiger charge is 2.19. The number of rotatable bonds is 2. The second kappa shape index (κ2) is 3.64. The van der Waals surface area contributed by atoms with Crippen LogP contribution in [0, 0.1) is 12.7 Å². The molecule has 1 rings (SSSR count). The van der Waals surface area contributed by atoms with Gasteiger partial charge in [0.25, 0.3) is 6.43 Å². The lowest BCUT2D eigenvalue weighted by Crippen LogP contribution is -2.00. The second-order valence-corrected chi connectivity index (χ2v) is 2.45. The van der Waals surface area contributed by atoms with E-state index in [0.717, 1.165) is 6.20 Å². The van der Waals surface area contributed by atoms with E-state index in [1.165, 1.54) is 14.0 Å². The van der Waals surface area contributed by atoms with Crippen molar-refractivity contribution in [2.75, 3.05) is 7.11 Å². The summed E-state index contributed by atoms with van der Waals surface area (Å²) in [7, 11) is 1.29. The maximum atomic E-state index is 12.8. The molecule has 0 spiro atoms. The Morgan fingerprint density at radius 3 is 2.54 bits per heavy atom. The van der Waals surface area contributed by atoms with Crippen molar-refractivity contribution in [3.05, 3.63) is 23.1 Å². The molecule has 0 amide bonds. The largest absolute Gasteiger partial charge is 0.481 e. The van der Waals surface area contributed by atoms with Crippen molar-refractivity contribution in [2.45, 2.75) is 13.3 Å². The lowest BCUT2D eigenvalue weighted by atomic mass is 10.1. The third-order valence-electron chi connectivity index (χ3n) is 1.69. The van der Waals surface area contributed by atoms with Crippen LogP contribution < -0.4 is 4.74 Å². The zero-order valence-corrected chi connectivity index (χ0v) is 7.14. The minimum absolute atomic E-state index is 0.0247. The van der Waals surface area contributed by atoms with Crippen LogP contribution in [0.2, 0.25) is 0 Å². The SMILES string of the molecule is COc1ncc(F)c(C(F)F)c1C.